The lowest BCUT2D eigenvalue weighted by atomic mass is 9.88. The van der Waals surface area contributed by atoms with Crippen molar-refractivity contribution in [3.8, 4) is 0 Å². The lowest BCUT2D eigenvalue weighted by molar-refractivity contribution is -0.126. The Labute approximate surface area is 132 Å². The number of rotatable bonds is 14. The summed E-state index contributed by atoms with van der Waals surface area (Å²) in [6.07, 6.45) is 16.0. The maximum absolute atomic E-state index is 12.0. The van der Waals surface area contributed by atoms with Gasteiger partial charge in [-0.2, -0.15) is 0 Å². The van der Waals surface area contributed by atoms with Gasteiger partial charge in [-0.15, -0.1) is 0 Å². The molecule has 2 heteroatoms. The minimum absolute atomic E-state index is 0.377. The summed E-state index contributed by atoms with van der Waals surface area (Å²) < 4.78 is 5.53. The molecule has 0 N–H and O–H groups in total. The standard InChI is InChI=1S/C19H36O2/c1-3-5-6-7-8-9-10-11-12-13-18(20)16-17(4-2)19-14-15-21-19/h17,19H,3-16H2,1-2H3. The van der Waals surface area contributed by atoms with Crippen molar-refractivity contribution in [3.05, 3.63) is 0 Å². The van der Waals surface area contributed by atoms with Crippen LogP contribution < -0.4 is 0 Å². The molecule has 124 valence electrons. The second-order valence-electron chi connectivity index (χ2n) is 6.69. The van der Waals surface area contributed by atoms with E-state index in [0.717, 1.165) is 38.7 Å². The quantitative estimate of drug-likeness (QED) is 0.385. The molecule has 1 aliphatic heterocycles. The van der Waals surface area contributed by atoms with Crippen LogP contribution in [0.4, 0.5) is 0 Å². The smallest absolute Gasteiger partial charge is 0.133 e. The Hall–Kier alpha value is -0.370. The zero-order chi connectivity index (χ0) is 15.3. The zero-order valence-corrected chi connectivity index (χ0v) is 14.4. The van der Waals surface area contributed by atoms with E-state index in [-0.39, 0.29) is 0 Å². The van der Waals surface area contributed by atoms with Crippen molar-refractivity contribution in [2.45, 2.75) is 103 Å². The first-order chi connectivity index (χ1) is 10.3. The van der Waals surface area contributed by atoms with Crippen molar-refractivity contribution in [1.82, 2.24) is 0 Å². The maximum Gasteiger partial charge on any atom is 0.133 e. The van der Waals surface area contributed by atoms with E-state index in [1.165, 1.54) is 51.4 Å². The summed E-state index contributed by atoms with van der Waals surface area (Å²) in [7, 11) is 0. The van der Waals surface area contributed by atoms with Crippen molar-refractivity contribution in [3.63, 3.8) is 0 Å². The number of ketones is 1. The third-order valence-electron chi connectivity index (χ3n) is 4.83. The Kier molecular flexibility index (Phi) is 10.9. The molecule has 0 radical (unpaired) electrons. The zero-order valence-electron chi connectivity index (χ0n) is 14.4. The predicted octanol–water partition coefficient (Wildman–Crippen LogP) is 5.68. The molecule has 1 saturated heterocycles. The first-order valence-corrected chi connectivity index (χ1v) is 9.41. The van der Waals surface area contributed by atoms with Crippen LogP contribution in [0.1, 0.15) is 97.3 Å². The first kappa shape index (κ1) is 18.7. The summed E-state index contributed by atoms with van der Waals surface area (Å²) >= 11 is 0. The molecule has 1 aliphatic rings. The minimum Gasteiger partial charge on any atom is -0.378 e. The van der Waals surface area contributed by atoms with Crippen LogP contribution >= 0.6 is 0 Å². The Morgan fingerprint density at radius 3 is 2.05 bits per heavy atom. The molecule has 0 saturated carbocycles. The Morgan fingerprint density at radius 2 is 1.57 bits per heavy atom. The van der Waals surface area contributed by atoms with Crippen LogP contribution in [0, 0.1) is 5.92 Å². The SMILES string of the molecule is CCCCCCCCCCCC(=O)CC(CC)C1CCO1. The molecule has 1 fully saturated rings. The number of carbonyl (C=O) groups is 1. The van der Waals surface area contributed by atoms with Gasteiger partial charge >= 0.3 is 0 Å². The fraction of sp³-hybridized carbons (Fsp3) is 0.947. The van der Waals surface area contributed by atoms with Gasteiger partial charge < -0.3 is 4.74 Å². The van der Waals surface area contributed by atoms with E-state index >= 15 is 0 Å². The maximum atomic E-state index is 12.0. The van der Waals surface area contributed by atoms with Crippen LogP contribution in [0.3, 0.4) is 0 Å². The highest BCUT2D eigenvalue weighted by Crippen LogP contribution is 2.26. The van der Waals surface area contributed by atoms with E-state index < -0.39 is 0 Å². The van der Waals surface area contributed by atoms with E-state index in [4.69, 9.17) is 4.74 Å². The molecule has 0 aromatic rings. The fourth-order valence-corrected chi connectivity index (χ4v) is 3.19. The van der Waals surface area contributed by atoms with Crippen molar-refractivity contribution in [2.24, 2.45) is 5.92 Å². The molecular weight excluding hydrogens is 260 g/mol. The largest absolute Gasteiger partial charge is 0.378 e. The number of hydrogen-bond donors (Lipinski definition) is 0. The molecule has 0 spiro atoms. The van der Waals surface area contributed by atoms with Crippen LogP contribution in [-0.2, 0) is 9.53 Å². The van der Waals surface area contributed by atoms with Gasteiger partial charge in [0.15, 0.2) is 0 Å². The van der Waals surface area contributed by atoms with E-state index in [1.54, 1.807) is 0 Å². The van der Waals surface area contributed by atoms with Crippen molar-refractivity contribution in [1.29, 1.82) is 0 Å². The average molecular weight is 296 g/mol. The second kappa shape index (κ2) is 12.2. The molecule has 0 bridgehead atoms. The van der Waals surface area contributed by atoms with Gasteiger partial charge in [0, 0.05) is 19.4 Å². The number of hydrogen-bond acceptors (Lipinski definition) is 2. The third-order valence-corrected chi connectivity index (χ3v) is 4.83. The van der Waals surface area contributed by atoms with Gasteiger partial charge in [0.05, 0.1) is 6.10 Å². The van der Waals surface area contributed by atoms with Crippen LogP contribution in [0.25, 0.3) is 0 Å². The van der Waals surface area contributed by atoms with E-state index in [1.807, 2.05) is 0 Å². The molecular formula is C19H36O2. The van der Waals surface area contributed by atoms with Gasteiger partial charge in [-0.05, 0) is 18.8 Å². The molecule has 21 heavy (non-hydrogen) atoms. The lowest BCUT2D eigenvalue weighted by Gasteiger charge is -2.33. The van der Waals surface area contributed by atoms with Gasteiger partial charge in [-0.3, -0.25) is 4.79 Å². The summed E-state index contributed by atoms with van der Waals surface area (Å²) in [5, 5.41) is 0. The van der Waals surface area contributed by atoms with Gasteiger partial charge in [-0.25, -0.2) is 0 Å². The number of carbonyl (C=O) groups excluding carboxylic acids is 1. The summed E-state index contributed by atoms with van der Waals surface area (Å²) in [5.74, 6) is 0.935. The number of Topliss-reactive ketones (excluding diaryl/α,β-unsaturated/α-hetero) is 1. The van der Waals surface area contributed by atoms with E-state index in [2.05, 4.69) is 13.8 Å². The highest BCUT2D eigenvalue weighted by molar-refractivity contribution is 5.78. The van der Waals surface area contributed by atoms with Gasteiger partial charge in [0.25, 0.3) is 0 Å². The Morgan fingerprint density at radius 1 is 1.00 bits per heavy atom. The lowest BCUT2D eigenvalue weighted by Crippen LogP contribution is -2.35. The molecule has 1 rings (SSSR count). The Bertz CT molecular complexity index is 258. The van der Waals surface area contributed by atoms with Crippen LogP contribution in [-0.4, -0.2) is 18.5 Å². The topological polar surface area (TPSA) is 26.3 Å². The summed E-state index contributed by atoms with van der Waals surface area (Å²) in [5.41, 5.74) is 0. The highest BCUT2D eigenvalue weighted by Gasteiger charge is 2.28. The van der Waals surface area contributed by atoms with Crippen molar-refractivity contribution in [2.75, 3.05) is 6.61 Å². The van der Waals surface area contributed by atoms with E-state index in [9.17, 15) is 4.79 Å². The first-order valence-electron chi connectivity index (χ1n) is 9.41. The monoisotopic (exact) mass is 296 g/mol. The summed E-state index contributed by atoms with van der Waals surface area (Å²) in [6, 6.07) is 0. The number of ether oxygens (including phenoxy) is 1. The van der Waals surface area contributed by atoms with Crippen molar-refractivity contribution >= 4 is 5.78 Å². The van der Waals surface area contributed by atoms with E-state index in [0.29, 0.717) is 17.8 Å². The molecule has 1 heterocycles. The Balaban J connectivity index is 1.90. The second-order valence-corrected chi connectivity index (χ2v) is 6.69. The molecule has 0 amide bonds. The normalized spacial score (nSPS) is 19.2. The highest BCUT2D eigenvalue weighted by atomic mass is 16.5. The molecule has 2 unspecified atom stereocenters. The molecule has 2 atom stereocenters. The predicted molar refractivity (Wildman–Crippen MR) is 89.6 cm³/mol. The molecule has 0 aromatic carbocycles. The molecule has 0 aromatic heterocycles. The minimum atomic E-state index is 0.377. The molecule has 2 nitrogen and oxygen atoms in total. The molecule has 0 aliphatic carbocycles. The third kappa shape index (κ3) is 8.60. The van der Waals surface area contributed by atoms with Crippen LogP contribution in [0.5, 0.6) is 0 Å². The number of unbranched alkanes of at least 4 members (excludes halogenated alkanes) is 8. The average Bonchev–Trinajstić information content (AvgIpc) is 2.43. The van der Waals surface area contributed by atoms with Gasteiger partial charge in [-0.1, -0.05) is 71.6 Å². The van der Waals surface area contributed by atoms with Crippen LogP contribution in [0.2, 0.25) is 0 Å². The summed E-state index contributed by atoms with van der Waals surface area (Å²) in [6.45, 7) is 5.34. The summed E-state index contributed by atoms with van der Waals surface area (Å²) in [4.78, 5) is 12.0. The van der Waals surface area contributed by atoms with Gasteiger partial charge in [0.1, 0.15) is 5.78 Å². The fourth-order valence-electron chi connectivity index (χ4n) is 3.19. The van der Waals surface area contributed by atoms with Crippen molar-refractivity contribution < 1.29 is 9.53 Å². The van der Waals surface area contributed by atoms with Gasteiger partial charge in [0.2, 0.25) is 0 Å². The van der Waals surface area contributed by atoms with Crippen LogP contribution in [0.15, 0.2) is 0 Å².